The Hall–Kier alpha value is -3.24. The predicted molar refractivity (Wildman–Crippen MR) is 107 cm³/mol. The van der Waals surface area contributed by atoms with Gasteiger partial charge in [0.15, 0.2) is 11.9 Å². The first-order valence-electron chi connectivity index (χ1n) is 9.33. The van der Waals surface area contributed by atoms with Gasteiger partial charge in [-0.15, -0.1) is 0 Å². The van der Waals surface area contributed by atoms with Crippen LogP contribution < -0.4 is 10.1 Å². The van der Waals surface area contributed by atoms with Gasteiger partial charge in [0.25, 0.3) is 0 Å². The number of nitrogens with one attached hydrogen (secondary N) is 1. The molecule has 3 heterocycles. The van der Waals surface area contributed by atoms with Crippen LogP contribution in [0.15, 0.2) is 42.7 Å². The van der Waals surface area contributed by atoms with E-state index in [2.05, 4.69) is 10.3 Å². The topological polar surface area (TPSA) is 141 Å². The number of rotatable bonds is 3. The molecule has 5 atom stereocenters. The fourth-order valence-electron chi connectivity index (χ4n) is 3.96. The van der Waals surface area contributed by atoms with Gasteiger partial charge in [-0.2, -0.15) is 0 Å². The van der Waals surface area contributed by atoms with Gasteiger partial charge in [-0.3, -0.25) is 4.98 Å². The average Bonchev–Trinajstić information content (AvgIpc) is 2.76. The third-order valence-corrected chi connectivity index (χ3v) is 5.42. The Balaban J connectivity index is 1.68. The molecule has 1 saturated heterocycles. The van der Waals surface area contributed by atoms with Crippen molar-refractivity contribution in [2.24, 2.45) is 0 Å². The molecule has 2 aliphatic rings. The van der Waals surface area contributed by atoms with Gasteiger partial charge in [0.2, 0.25) is 6.29 Å². The molecule has 2 aliphatic heterocycles. The highest BCUT2D eigenvalue weighted by Gasteiger charge is 2.48. The molecule has 9 nitrogen and oxygen atoms in total. The number of aliphatic carboxylic acids is 1. The second kappa shape index (κ2) is 6.92. The zero-order valence-electron chi connectivity index (χ0n) is 15.5. The quantitative estimate of drug-likeness (QED) is 0.401. The molecule has 0 radical (unpaired) electrons. The van der Waals surface area contributed by atoms with Gasteiger partial charge in [-0.05, 0) is 17.7 Å². The Labute approximate surface area is 169 Å². The molecule has 0 aliphatic carbocycles. The van der Waals surface area contributed by atoms with Gasteiger partial charge < -0.3 is 35.2 Å². The summed E-state index contributed by atoms with van der Waals surface area (Å²) in [4.78, 5) is 15.9. The number of carboxylic acid groups (broad SMARTS) is 1. The van der Waals surface area contributed by atoms with Crippen molar-refractivity contribution in [3.8, 4) is 5.75 Å². The highest BCUT2D eigenvalue weighted by molar-refractivity contribution is 6.18. The Morgan fingerprint density at radius 2 is 1.83 bits per heavy atom. The molecule has 9 heteroatoms. The molecule has 0 saturated carbocycles. The number of aliphatic hydroxyl groups is 3. The molecule has 30 heavy (non-hydrogen) atoms. The van der Waals surface area contributed by atoms with E-state index in [0.29, 0.717) is 16.8 Å². The first-order chi connectivity index (χ1) is 14.5. The Morgan fingerprint density at radius 3 is 2.60 bits per heavy atom. The Kier molecular flexibility index (Phi) is 4.33. The molecule has 5 N–H and O–H groups in total. The average molecular weight is 410 g/mol. The van der Waals surface area contributed by atoms with Gasteiger partial charge >= 0.3 is 5.97 Å². The summed E-state index contributed by atoms with van der Waals surface area (Å²) in [6.45, 7) is 0. The molecule has 0 spiro atoms. The standard InChI is InChI=1S/C21H18N2O7/c24-15-16(25)19(20(27)28)30-21(17(15)26)29-18-11-4-2-1-3-10(11)13-12-9(5-7-22-13)6-8-23-14(12)18/h1-8,15-17,19,21,23-26H,(H,27,28)/t15-,16-,17+,19-,21+/m0/s1. The molecule has 0 unspecified atom stereocenters. The summed E-state index contributed by atoms with van der Waals surface area (Å²) in [6.07, 6.45) is -3.13. The van der Waals surface area contributed by atoms with Crippen LogP contribution in [0.3, 0.4) is 0 Å². The summed E-state index contributed by atoms with van der Waals surface area (Å²) in [6, 6.07) is 9.22. The van der Waals surface area contributed by atoms with E-state index < -0.39 is 36.7 Å². The van der Waals surface area contributed by atoms with Crippen LogP contribution in [0, 0.1) is 0 Å². The van der Waals surface area contributed by atoms with Crippen LogP contribution in [0.1, 0.15) is 5.56 Å². The van der Waals surface area contributed by atoms with Crippen molar-refractivity contribution in [1.82, 2.24) is 4.98 Å². The molecule has 1 fully saturated rings. The fraction of sp³-hybridized carbons (Fsp3) is 0.238. The van der Waals surface area contributed by atoms with Crippen LogP contribution in [-0.4, -0.2) is 62.1 Å². The molecule has 3 aromatic rings. The summed E-state index contributed by atoms with van der Waals surface area (Å²) in [7, 11) is 0. The van der Waals surface area contributed by atoms with Crippen LogP contribution in [0.25, 0.3) is 27.8 Å². The van der Waals surface area contributed by atoms with Crippen LogP contribution in [-0.2, 0) is 9.53 Å². The van der Waals surface area contributed by atoms with Crippen LogP contribution in [0.5, 0.6) is 5.75 Å². The molecule has 1 aromatic heterocycles. The first kappa shape index (κ1) is 18.8. The maximum absolute atomic E-state index is 11.4. The van der Waals surface area contributed by atoms with Crippen LogP contribution in [0.4, 0.5) is 5.69 Å². The maximum atomic E-state index is 11.4. The third-order valence-electron chi connectivity index (χ3n) is 5.42. The molecule has 2 aromatic carbocycles. The largest absolute Gasteiger partial charge is 0.479 e. The van der Waals surface area contributed by atoms with E-state index in [4.69, 9.17) is 9.47 Å². The second-order valence-electron chi connectivity index (χ2n) is 7.20. The third kappa shape index (κ3) is 2.71. The molecular formula is C21H18N2O7. The Bertz CT molecular complexity index is 1190. The minimum Gasteiger partial charge on any atom is -0.479 e. The minimum absolute atomic E-state index is 0.313. The lowest BCUT2D eigenvalue weighted by Gasteiger charge is -2.39. The number of fused-ring (bicyclic) bond motifs is 2. The van der Waals surface area contributed by atoms with E-state index in [0.717, 1.165) is 21.9 Å². The number of ether oxygens (including phenoxy) is 2. The van der Waals surface area contributed by atoms with E-state index in [1.54, 1.807) is 12.4 Å². The van der Waals surface area contributed by atoms with Crippen LogP contribution in [0.2, 0.25) is 0 Å². The van der Waals surface area contributed by atoms with Crippen molar-refractivity contribution in [3.05, 3.63) is 48.3 Å². The van der Waals surface area contributed by atoms with E-state index >= 15 is 0 Å². The number of hydrogen-bond donors (Lipinski definition) is 5. The van der Waals surface area contributed by atoms with Crippen molar-refractivity contribution in [2.45, 2.75) is 30.7 Å². The number of nitrogens with zero attached hydrogens (tertiary/aromatic N) is 1. The van der Waals surface area contributed by atoms with Crippen molar-refractivity contribution in [1.29, 1.82) is 0 Å². The van der Waals surface area contributed by atoms with Crippen molar-refractivity contribution < 1.29 is 34.7 Å². The van der Waals surface area contributed by atoms with Gasteiger partial charge in [-0.1, -0.05) is 24.3 Å². The Morgan fingerprint density at radius 1 is 1.07 bits per heavy atom. The lowest BCUT2D eigenvalue weighted by Crippen LogP contribution is -2.61. The zero-order chi connectivity index (χ0) is 21.0. The normalized spacial score (nSPS) is 27.8. The summed E-state index contributed by atoms with van der Waals surface area (Å²) >= 11 is 0. The van der Waals surface area contributed by atoms with E-state index in [1.165, 1.54) is 0 Å². The number of carboxylic acids is 1. The highest BCUT2D eigenvalue weighted by atomic mass is 16.7. The zero-order valence-corrected chi connectivity index (χ0v) is 15.5. The second-order valence-corrected chi connectivity index (χ2v) is 7.20. The van der Waals surface area contributed by atoms with E-state index in [9.17, 15) is 25.2 Å². The molecule has 5 rings (SSSR count). The lowest BCUT2D eigenvalue weighted by molar-refractivity contribution is -0.270. The number of hydrogen-bond acceptors (Lipinski definition) is 8. The molecular weight excluding hydrogens is 392 g/mol. The monoisotopic (exact) mass is 410 g/mol. The summed E-state index contributed by atoms with van der Waals surface area (Å²) < 4.78 is 11.3. The van der Waals surface area contributed by atoms with Crippen molar-refractivity contribution in [3.63, 3.8) is 0 Å². The van der Waals surface area contributed by atoms with Gasteiger partial charge in [-0.25, -0.2) is 4.79 Å². The molecule has 154 valence electrons. The van der Waals surface area contributed by atoms with E-state index in [-0.39, 0.29) is 0 Å². The smallest absolute Gasteiger partial charge is 0.335 e. The number of benzene rings is 2. The minimum atomic E-state index is -1.79. The van der Waals surface area contributed by atoms with Gasteiger partial charge in [0.1, 0.15) is 18.3 Å². The SMILES string of the molecule is O=C(O)[C@H]1O[C@@H](Oc2c3c4c(ccnc4c4ccccc24)C=CN3)[C@H](O)[C@@H](O)[C@@H]1O. The number of aliphatic hydroxyl groups excluding tert-OH is 3. The first-order valence-corrected chi connectivity index (χ1v) is 9.33. The van der Waals surface area contributed by atoms with Crippen molar-refractivity contribution in [2.75, 3.05) is 5.32 Å². The van der Waals surface area contributed by atoms with Crippen LogP contribution >= 0.6 is 0 Å². The summed E-state index contributed by atoms with van der Waals surface area (Å²) in [5.41, 5.74) is 2.25. The highest BCUT2D eigenvalue weighted by Crippen LogP contribution is 2.45. The van der Waals surface area contributed by atoms with Gasteiger partial charge in [0.05, 0.1) is 11.2 Å². The predicted octanol–water partition coefficient (Wildman–Crippen LogP) is 1.06. The van der Waals surface area contributed by atoms with E-state index in [1.807, 2.05) is 36.4 Å². The van der Waals surface area contributed by atoms with Crippen molar-refractivity contribution >= 4 is 39.4 Å². The maximum Gasteiger partial charge on any atom is 0.335 e. The lowest BCUT2D eigenvalue weighted by atomic mass is 9.97. The van der Waals surface area contributed by atoms with Gasteiger partial charge in [0, 0.05) is 28.6 Å². The number of anilines is 1. The fourth-order valence-corrected chi connectivity index (χ4v) is 3.96. The molecule has 0 bridgehead atoms. The molecule has 0 amide bonds. The summed E-state index contributed by atoms with van der Waals surface area (Å²) in [5.74, 6) is -1.16. The number of carbonyl (C=O) groups is 1. The number of aromatic nitrogens is 1. The number of pyridine rings is 1. The summed E-state index contributed by atoms with van der Waals surface area (Å²) in [5, 5.41) is 45.1.